The lowest BCUT2D eigenvalue weighted by Gasteiger charge is -2.21. The van der Waals surface area contributed by atoms with Crippen molar-refractivity contribution in [2.24, 2.45) is 0 Å². The summed E-state index contributed by atoms with van der Waals surface area (Å²) < 4.78 is 0. The fourth-order valence-corrected chi connectivity index (χ4v) is 4.62. The number of carbonyl (C=O) groups is 1. The number of nitrogens with one attached hydrogen (secondary N) is 1. The third kappa shape index (κ3) is 4.03. The molecule has 134 valence electrons. The van der Waals surface area contributed by atoms with Gasteiger partial charge in [0.05, 0.1) is 10.6 Å². The molecule has 0 atom stereocenters. The van der Waals surface area contributed by atoms with Gasteiger partial charge in [0, 0.05) is 37.1 Å². The van der Waals surface area contributed by atoms with E-state index in [0.717, 1.165) is 23.8 Å². The normalized spacial score (nSPS) is 13.9. The summed E-state index contributed by atoms with van der Waals surface area (Å²) in [6.45, 7) is 1.77. The van der Waals surface area contributed by atoms with Crippen LogP contribution in [0.25, 0.3) is 9.88 Å². The molecule has 6 heteroatoms. The summed E-state index contributed by atoms with van der Waals surface area (Å²) in [5.41, 5.74) is 3.08. The van der Waals surface area contributed by atoms with E-state index in [4.69, 9.17) is 4.98 Å². The Hall–Kier alpha value is -2.02. The van der Waals surface area contributed by atoms with E-state index >= 15 is 0 Å². The van der Waals surface area contributed by atoms with E-state index in [1.54, 1.807) is 29.7 Å². The highest BCUT2D eigenvalue weighted by Gasteiger charge is 2.29. The third-order valence-corrected chi connectivity index (χ3v) is 6.47. The van der Waals surface area contributed by atoms with Crippen LogP contribution in [0.3, 0.4) is 0 Å². The molecular weight excluding hydrogens is 362 g/mol. The summed E-state index contributed by atoms with van der Waals surface area (Å²) in [6.07, 6.45) is 2.52. The molecule has 3 aromatic rings. The highest BCUT2D eigenvalue weighted by molar-refractivity contribution is 7.20. The van der Waals surface area contributed by atoms with Gasteiger partial charge in [0.2, 0.25) is 0 Å². The Morgan fingerprint density at radius 3 is 2.65 bits per heavy atom. The zero-order valence-electron chi connectivity index (χ0n) is 14.6. The van der Waals surface area contributed by atoms with Crippen molar-refractivity contribution in [3.05, 3.63) is 64.0 Å². The van der Waals surface area contributed by atoms with E-state index in [0.29, 0.717) is 11.6 Å². The van der Waals surface area contributed by atoms with Crippen LogP contribution in [0.2, 0.25) is 0 Å². The highest BCUT2D eigenvalue weighted by atomic mass is 32.1. The fraction of sp³-hybridized carbons (Fsp3) is 0.300. The number of amides is 1. The van der Waals surface area contributed by atoms with Gasteiger partial charge in [-0.05, 0) is 42.0 Å². The van der Waals surface area contributed by atoms with Crippen LogP contribution in [-0.4, -0.2) is 28.9 Å². The molecule has 0 aliphatic heterocycles. The second kappa shape index (κ2) is 7.70. The maximum Gasteiger partial charge on any atom is 0.251 e. The van der Waals surface area contributed by atoms with Crippen LogP contribution in [0.15, 0.2) is 47.2 Å². The first-order valence-corrected chi connectivity index (χ1v) is 10.5. The maximum atomic E-state index is 11.7. The monoisotopic (exact) mass is 383 g/mol. The molecule has 0 spiro atoms. The average molecular weight is 384 g/mol. The minimum atomic E-state index is -0.0424. The van der Waals surface area contributed by atoms with Crippen molar-refractivity contribution in [2.75, 3.05) is 7.05 Å². The van der Waals surface area contributed by atoms with Crippen LogP contribution >= 0.6 is 22.7 Å². The van der Waals surface area contributed by atoms with Gasteiger partial charge >= 0.3 is 0 Å². The van der Waals surface area contributed by atoms with E-state index in [1.807, 2.05) is 12.1 Å². The van der Waals surface area contributed by atoms with E-state index in [-0.39, 0.29) is 5.91 Å². The molecule has 0 saturated heterocycles. The van der Waals surface area contributed by atoms with Gasteiger partial charge in [-0.25, -0.2) is 4.98 Å². The Morgan fingerprint density at radius 2 is 2.00 bits per heavy atom. The van der Waals surface area contributed by atoms with Crippen LogP contribution in [0.4, 0.5) is 0 Å². The van der Waals surface area contributed by atoms with Crippen molar-refractivity contribution < 1.29 is 4.79 Å². The predicted octanol–water partition coefficient (Wildman–Crippen LogP) is 4.40. The Morgan fingerprint density at radius 1 is 1.19 bits per heavy atom. The van der Waals surface area contributed by atoms with Gasteiger partial charge in [-0.3, -0.25) is 9.69 Å². The largest absolute Gasteiger partial charge is 0.355 e. The van der Waals surface area contributed by atoms with Crippen LogP contribution in [0, 0.1) is 0 Å². The van der Waals surface area contributed by atoms with Gasteiger partial charge in [-0.2, -0.15) is 0 Å². The molecule has 1 aromatic carbocycles. The number of hydrogen-bond donors (Lipinski definition) is 1. The van der Waals surface area contributed by atoms with E-state index in [1.165, 1.54) is 23.3 Å². The van der Waals surface area contributed by atoms with Crippen LogP contribution < -0.4 is 5.32 Å². The summed E-state index contributed by atoms with van der Waals surface area (Å²) in [4.78, 5) is 20.2. The highest BCUT2D eigenvalue weighted by Crippen LogP contribution is 2.32. The molecule has 2 heterocycles. The maximum absolute atomic E-state index is 11.7. The minimum Gasteiger partial charge on any atom is -0.355 e. The predicted molar refractivity (Wildman–Crippen MR) is 108 cm³/mol. The Kier molecular flexibility index (Phi) is 5.15. The second-order valence-corrected chi connectivity index (χ2v) is 8.34. The number of nitrogens with zero attached hydrogens (tertiary/aromatic N) is 2. The Labute approximate surface area is 161 Å². The number of benzene rings is 1. The van der Waals surface area contributed by atoms with Crippen molar-refractivity contribution in [2.45, 2.75) is 32.0 Å². The van der Waals surface area contributed by atoms with Crippen molar-refractivity contribution in [1.29, 1.82) is 0 Å². The Bertz CT molecular complexity index is 867. The Balaban J connectivity index is 1.44. The number of aromatic nitrogens is 1. The molecule has 2 aromatic heterocycles. The first kappa shape index (κ1) is 17.4. The molecule has 4 rings (SSSR count). The van der Waals surface area contributed by atoms with Gasteiger partial charge in [0.15, 0.2) is 0 Å². The molecular formula is C20H21N3OS2. The lowest BCUT2D eigenvalue weighted by atomic mass is 10.1. The number of hydrogen-bond acceptors (Lipinski definition) is 5. The molecule has 1 amide bonds. The molecule has 4 nitrogen and oxygen atoms in total. The van der Waals surface area contributed by atoms with Crippen LogP contribution in [-0.2, 0) is 13.1 Å². The molecule has 1 N–H and O–H groups in total. The molecule has 1 saturated carbocycles. The number of rotatable bonds is 7. The summed E-state index contributed by atoms with van der Waals surface area (Å²) in [7, 11) is 1.66. The molecule has 0 radical (unpaired) electrons. The summed E-state index contributed by atoms with van der Waals surface area (Å²) in [5.74, 6) is -0.0424. The zero-order valence-corrected chi connectivity index (χ0v) is 16.3. The van der Waals surface area contributed by atoms with Crippen molar-refractivity contribution in [1.82, 2.24) is 15.2 Å². The summed E-state index contributed by atoms with van der Waals surface area (Å²) in [5, 5.41) is 8.04. The van der Waals surface area contributed by atoms with Crippen molar-refractivity contribution in [3.8, 4) is 9.88 Å². The van der Waals surface area contributed by atoms with Crippen LogP contribution in [0.5, 0.6) is 0 Å². The zero-order chi connectivity index (χ0) is 17.9. The van der Waals surface area contributed by atoms with Crippen molar-refractivity contribution >= 4 is 28.6 Å². The first-order valence-electron chi connectivity index (χ1n) is 8.76. The molecule has 1 aliphatic carbocycles. The minimum absolute atomic E-state index is 0.0424. The standard InChI is InChI=1S/C20H21N3OS2/c1-21-19(24)15-6-4-14(5-7-15)11-23(17-8-9-17)12-16-13-26-20(22-16)18-3-2-10-25-18/h2-7,10,13,17H,8-9,11-12H2,1H3,(H,21,24). The SMILES string of the molecule is CNC(=O)c1ccc(CN(Cc2csc(-c3cccs3)n2)C2CC2)cc1. The molecule has 0 unspecified atom stereocenters. The quantitative estimate of drug-likeness (QED) is 0.658. The smallest absolute Gasteiger partial charge is 0.251 e. The summed E-state index contributed by atoms with van der Waals surface area (Å²) in [6, 6.07) is 12.8. The van der Waals surface area contributed by atoms with Crippen LogP contribution in [0.1, 0.15) is 34.5 Å². The van der Waals surface area contributed by atoms with Gasteiger partial charge in [-0.15, -0.1) is 22.7 Å². The lowest BCUT2D eigenvalue weighted by molar-refractivity contribution is 0.0963. The van der Waals surface area contributed by atoms with Gasteiger partial charge in [0.25, 0.3) is 5.91 Å². The van der Waals surface area contributed by atoms with Crippen molar-refractivity contribution in [3.63, 3.8) is 0 Å². The topological polar surface area (TPSA) is 45.2 Å². The van der Waals surface area contributed by atoms with E-state index < -0.39 is 0 Å². The van der Waals surface area contributed by atoms with E-state index in [2.05, 4.69) is 45.2 Å². The molecule has 0 bridgehead atoms. The van der Waals surface area contributed by atoms with Gasteiger partial charge < -0.3 is 5.32 Å². The lowest BCUT2D eigenvalue weighted by Crippen LogP contribution is -2.25. The van der Waals surface area contributed by atoms with Gasteiger partial charge in [0.1, 0.15) is 5.01 Å². The molecule has 1 fully saturated rings. The summed E-state index contributed by atoms with van der Waals surface area (Å²) >= 11 is 3.46. The molecule has 26 heavy (non-hydrogen) atoms. The fourth-order valence-electron chi connectivity index (χ4n) is 3.00. The number of thiophene rings is 1. The first-order chi connectivity index (χ1) is 12.7. The van der Waals surface area contributed by atoms with Gasteiger partial charge in [-0.1, -0.05) is 18.2 Å². The number of carbonyl (C=O) groups excluding carboxylic acids is 1. The number of thiazole rings is 1. The third-order valence-electron chi connectivity index (χ3n) is 4.54. The average Bonchev–Trinajstić information content (AvgIpc) is 3.17. The second-order valence-electron chi connectivity index (χ2n) is 6.53. The van der Waals surface area contributed by atoms with E-state index in [9.17, 15) is 4.79 Å². The molecule has 1 aliphatic rings.